The number of aromatic nitrogens is 3. The van der Waals surface area contributed by atoms with Crippen molar-refractivity contribution >= 4 is 5.91 Å². The summed E-state index contributed by atoms with van der Waals surface area (Å²) in [5.74, 6) is 0.842. The van der Waals surface area contributed by atoms with Gasteiger partial charge in [-0.25, -0.2) is 4.98 Å². The molecule has 0 spiro atoms. The number of nitrogens with one attached hydrogen (secondary N) is 2. The Kier molecular flexibility index (Phi) is 5.67. The average Bonchev–Trinajstić information content (AvgIpc) is 3.21. The molecule has 0 bridgehead atoms. The van der Waals surface area contributed by atoms with Crippen molar-refractivity contribution in [3.63, 3.8) is 0 Å². The average molecular weight is 370 g/mol. The van der Waals surface area contributed by atoms with E-state index >= 15 is 0 Å². The van der Waals surface area contributed by atoms with E-state index in [2.05, 4.69) is 20.5 Å². The molecular formula is C20H26N4O3. The summed E-state index contributed by atoms with van der Waals surface area (Å²) in [6, 6.07) is 5.34. The lowest BCUT2D eigenvalue weighted by atomic mass is 9.85. The van der Waals surface area contributed by atoms with Crippen molar-refractivity contribution < 1.29 is 14.3 Å². The zero-order chi connectivity index (χ0) is 18.5. The maximum atomic E-state index is 12.9. The zero-order valence-electron chi connectivity index (χ0n) is 15.4. The Bertz CT molecular complexity index is 743. The predicted molar refractivity (Wildman–Crippen MR) is 99.8 cm³/mol. The van der Waals surface area contributed by atoms with Crippen LogP contribution in [0, 0.1) is 0 Å². The highest BCUT2D eigenvalue weighted by atomic mass is 16.5. The molecule has 3 heterocycles. The maximum absolute atomic E-state index is 12.9. The number of hydrogen-bond donors (Lipinski definition) is 2. The summed E-state index contributed by atoms with van der Waals surface area (Å²) in [5, 5.41) is 10.3. The summed E-state index contributed by atoms with van der Waals surface area (Å²) in [7, 11) is 0. The lowest BCUT2D eigenvalue weighted by molar-refractivity contribution is -0.00450. The van der Waals surface area contributed by atoms with Crippen molar-refractivity contribution in [2.45, 2.75) is 56.6 Å². The van der Waals surface area contributed by atoms with Gasteiger partial charge in [-0.1, -0.05) is 25.3 Å². The summed E-state index contributed by atoms with van der Waals surface area (Å²) >= 11 is 0. The van der Waals surface area contributed by atoms with Crippen LogP contribution in [0.3, 0.4) is 0 Å². The van der Waals surface area contributed by atoms with Crippen molar-refractivity contribution in [2.75, 3.05) is 13.2 Å². The molecule has 2 aromatic heterocycles. The molecule has 1 aliphatic carbocycles. The van der Waals surface area contributed by atoms with Crippen LogP contribution in [0.1, 0.15) is 60.5 Å². The summed E-state index contributed by atoms with van der Waals surface area (Å²) < 4.78 is 11.6. The van der Waals surface area contributed by atoms with Gasteiger partial charge >= 0.3 is 0 Å². The minimum atomic E-state index is -0.220. The van der Waals surface area contributed by atoms with E-state index < -0.39 is 0 Å². The summed E-state index contributed by atoms with van der Waals surface area (Å²) in [6.07, 6.45) is 9.80. The van der Waals surface area contributed by atoms with Gasteiger partial charge in [0.25, 0.3) is 5.91 Å². The van der Waals surface area contributed by atoms with E-state index in [-0.39, 0.29) is 18.1 Å². The van der Waals surface area contributed by atoms with Gasteiger partial charge in [-0.05, 0) is 18.9 Å². The second-order valence-electron chi connectivity index (χ2n) is 7.30. The van der Waals surface area contributed by atoms with Crippen LogP contribution in [-0.2, 0) is 4.74 Å². The predicted octanol–water partition coefficient (Wildman–Crippen LogP) is 2.82. The van der Waals surface area contributed by atoms with Crippen molar-refractivity contribution in [1.29, 1.82) is 0 Å². The molecule has 2 aliphatic rings. The van der Waals surface area contributed by atoms with E-state index in [0.29, 0.717) is 37.0 Å². The van der Waals surface area contributed by atoms with E-state index in [4.69, 9.17) is 9.47 Å². The number of aromatic amines is 1. The third-order valence-electron chi connectivity index (χ3n) is 5.45. The number of rotatable bonds is 5. The highest BCUT2D eigenvalue weighted by Crippen LogP contribution is 2.33. The zero-order valence-corrected chi connectivity index (χ0v) is 15.4. The Hall–Kier alpha value is -2.41. The number of pyridine rings is 1. The van der Waals surface area contributed by atoms with Gasteiger partial charge in [0.1, 0.15) is 6.10 Å². The fraction of sp³-hybridized carbons (Fsp3) is 0.550. The molecule has 7 nitrogen and oxygen atoms in total. The topological polar surface area (TPSA) is 89.1 Å². The van der Waals surface area contributed by atoms with E-state index in [9.17, 15) is 4.79 Å². The van der Waals surface area contributed by atoms with Gasteiger partial charge in [-0.15, -0.1) is 0 Å². The molecule has 4 rings (SSSR count). The van der Waals surface area contributed by atoms with Gasteiger partial charge in [0.15, 0.2) is 0 Å². The Morgan fingerprint density at radius 3 is 2.93 bits per heavy atom. The normalized spacial score (nSPS) is 23.7. The van der Waals surface area contributed by atoms with Crippen LogP contribution in [0.2, 0.25) is 0 Å². The molecule has 1 saturated carbocycles. The van der Waals surface area contributed by atoms with Gasteiger partial charge in [0.2, 0.25) is 5.88 Å². The fourth-order valence-electron chi connectivity index (χ4n) is 3.99. The van der Waals surface area contributed by atoms with Crippen molar-refractivity contribution in [3.8, 4) is 5.88 Å². The van der Waals surface area contributed by atoms with Gasteiger partial charge in [0.05, 0.1) is 36.7 Å². The lowest BCUT2D eigenvalue weighted by Gasteiger charge is -2.32. The Labute approximate surface area is 158 Å². The molecule has 0 aromatic carbocycles. The molecule has 2 atom stereocenters. The Morgan fingerprint density at radius 2 is 2.11 bits per heavy atom. The summed E-state index contributed by atoms with van der Waals surface area (Å²) in [5.41, 5.74) is 1.61. The molecular weight excluding hydrogens is 344 g/mol. The molecule has 1 aliphatic heterocycles. The SMILES string of the molecule is O=C(N[C@@H]1COCC[C@H]1Oc1ccccn1)c1cn[nH]c1C1CCCCC1. The first kappa shape index (κ1) is 18.0. The number of H-pyrrole nitrogens is 1. The van der Waals surface area contributed by atoms with Crippen molar-refractivity contribution in [3.05, 3.63) is 41.9 Å². The van der Waals surface area contributed by atoms with E-state index in [1.807, 2.05) is 18.2 Å². The van der Waals surface area contributed by atoms with Crippen LogP contribution in [-0.4, -0.2) is 46.4 Å². The number of ether oxygens (including phenoxy) is 2. The molecule has 1 amide bonds. The van der Waals surface area contributed by atoms with Crippen molar-refractivity contribution in [1.82, 2.24) is 20.5 Å². The van der Waals surface area contributed by atoms with Gasteiger partial charge in [0, 0.05) is 24.6 Å². The number of carbonyl (C=O) groups excluding carboxylic acids is 1. The van der Waals surface area contributed by atoms with Crippen LogP contribution in [0.5, 0.6) is 5.88 Å². The second-order valence-corrected chi connectivity index (χ2v) is 7.30. The highest BCUT2D eigenvalue weighted by molar-refractivity contribution is 5.95. The minimum Gasteiger partial charge on any atom is -0.472 e. The Balaban J connectivity index is 1.44. The third kappa shape index (κ3) is 4.30. The first-order chi connectivity index (χ1) is 13.3. The van der Waals surface area contributed by atoms with Crippen LogP contribution in [0.15, 0.2) is 30.6 Å². The quantitative estimate of drug-likeness (QED) is 0.845. The third-order valence-corrected chi connectivity index (χ3v) is 5.45. The first-order valence-electron chi connectivity index (χ1n) is 9.81. The highest BCUT2D eigenvalue weighted by Gasteiger charge is 2.31. The molecule has 0 radical (unpaired) electrons. The number of amides is 1. The van der Waals surface area contributed by atoms with Crippen LogP contribution < -0.4 is 10.1 Å². The molecule has 2 fully saturated rings. The molecule has 27 heavy (non-hydrogen) atoms. The van der Waals surface area contributed by atoms with E-state index in [0.717, 1.165) is 18.5 Å². The molecule has 2 N–H and O–H groups in total. The van der Waals surface area contributed by atoms with Gasteiger partial charge in [-0.3, -0.25) is 9.89 Å². The lowest BCUT2D eigenvalue weighted by Crippen LogP contribution is -2.52. The molecule has 144 valence electrons. The second kappa shape index (κ2) is 8.52. The van der Waals surface area contributed by atoms with Crippen LogP contribution in [0.4, 0.5) is 0 Å². The smallest absolute Gasteiger partial charge is 0.255 e. The Morgan fingerprint density at radius 1 is 1.22 bits per heavy atom. The van der Waals surface area contributed by atoms with Gasteiger partial charge in [-0.2, -0.15) is 5.10 Å². The van der Waals surface area contributed by atoms with E-state index in [1.165, 1.54) is 19.3 Å². The standard InChI is InChI=1S/C20H26N4O3/c25-20(15-12-22-24-19(15)14-6-2-1-3-7-14)23-16-13-26-11-9-17(16)27-18-8-4-5-10-21-18/h4-5,8,10,12,14,16-17H,1-3,6-7,9,11,13H2,(H,22,24)(H,23,25)/t16-,17-/m1/s1. The number of nitrogens with zero attached hydrogens (tertiary/aromatic N) is 2. The summed E-state index contributed by atoms with van der Waals surface area (Å²) in [4.78, 5) is 17.2. The minimum absolute atomic E-state index is 0.116. The van der Waals surface area contributed by atoms with Crippen molar-refractivity contribution in [2.24, 2.45) is 0 Å². The molecule has 7 heteroatoms. The largest absolute Gasteiger partial charge is 0.472 e. The number of hydrogen-bond acceptors (Lipinski definition) is 5. The first-order valence-corrected chi connectivity index (χ1v) is 9.81. The van der Waals surface area contributed by atoms with Crippen LogP contribution >= 0.6 is 0 Å². The maximum Gasteiger partial charge on any atom is 0.255 e. The summed E-state index contributed by atoms with van der Waals surface area (Å²) in [6.45, 7) is 1.04. The van der Waals surface area contributed by atoms with Crippen LogP contribution in [0.25, 0.3) is 0 Å². The van der Waals surface area contributed by atoms with E-state index in [1.54, 1.807) is 12.4 Å². The van der Waals surface area contributed by atoms with Gasteiger partial charge < -0.3 is 14.8 Å². The fourth-order valence-corrected chi connectivity index (χ4v) is 3.99. The molecule has 1 saturated heterocycles. The number of carbonyl (C=O) groups is 1. The molecule has 2 aromatic rings. The monoisotopic (exact) mass is 370 g/mol. The molecule has 0 unspecified atom stereocenters.